The number of ether oxygens (including phenoxy) is 2. The van der Waals surface area contributed by atoms with E-state index in [4.69, 9.17) is 9.47 Å². The molecule has 2 aliphatic heterocycles. The van der Waals surface area contributed by atoms with E-state index in [0.29, 0.717) is 31.3 Å². The van der Waals surface area contributed by atoms with Gasteiger partial charge in [-0.2, -0.15) is 0 Å². The van der Waals surface area contributed by atoms with Gasteiger partial charge in [-0.25, -0.2) is 9.97 Å². The first-order valence-electron chi connectivity index (χ1n) is 8.01. The van der Waals surface area contributed by atoms with Gasteiger partial charge in [0.1, 0.15) is 17.4 Å². The zero-order chi connectivity index (χ0) is 16.6. The third kappa shape index (κ3) is 2.73. The van der Waals surface area contributed by atoms with Crippen molar-refractivity contribution < 1.29 is 14.3 Å². The van der Waals surface area contributed by atoms with Crippen LogP contribution in [0, 0.1) is 6.92 Å². The number of aromatic amines is 1. The highest BCUT2D eigenvalue weighted by Crippen LogP contribution is 2.36. The smallest absolute Gasteiger partial charge is 0.274 e. The molecule has 4 heterocycles. The molecule has 126 valence electrons. The fraction of sp³-hybridized carbons (Fsp3) is 0.500. The number of hydrogen-bond donors (Lipinski definition) is 1. The fourth-order valence-electron chi connectivity index (χ4n) is 3.34. The number of carbonyl (C=O) groups is 1. The van der Waals surface area contributed by atoms with Gasteiger partial charge in [-0.3, -0.25) is 9.78 Å². The van der Waals surface area contributed by atoms with Crippen LogP contribution in [0.3, 0.4) is 0 Å². The van der Waals surface area contributed by atoms with Crippen LogP contribution in [0.25, 0.3) is 0 Å². The van der Waals surface area contributed by atoms with E-state index < -0.39 is 0 Å². The molecule has 2 aliphatic rings. The lowest BCUT2D eigenvalue weighted by Crippen LogP contribution is -2.67. The van der Waals surface area contributed by atoms with Crippen LogP contribution >= 0.6 is 0 Å². The molecule has 24 heavy (non-hydrogen) atoms. The third-order valence-electron chi connectivity index (χ3n) is 4.55. The molecule has 1 spiro atoms. The van der Waals surface area contributed by atoms with E-state index in [0.717, 1.165) is 18.5 Å². The summed E-state index contributed by atoms with van der Waals surface area (Å²) >= 11 is 0. The number of rotatable bonds is 3. The molecule has 0 aliphatic carbocycles. The van der Waals surface area contributed by atoms with Crippen molar-refractivity contribution in [2.75, 3.05) is 19.7 Å². The van der Waals surface area contributed by atoms with Crippen molar-refractivity contribution in [3.05, 3.63) is 36.3 Å². The van der Waals surface area contributed by atoms with E-state index in [1.807, 2.05) is 6.92 Å². The van der Waals surface area contributed by atoms with Crippen LogP contribution in [0.5, 0.6) is 5.88 Å². The largest absolute Gasteiger partial charge is 0.473 e. The SMILES string of the molecule is Cc1[nH]cnc1C(=O)N1CC2(CC(Oc3cnccn3)CCO2)C1. The Balaban J connectivity index is 1.37. The number of aromatic nitrogens is 4. The topological polar surface area (TPSA) is 93.2 Å². The van der Waals surface area contributed by atoms with Crippen LogP contribution in [0.1, 0.15) is 29.0 Å². The van der Waals surface area contributed by atoms with Gasteiger partial charge in [0.05, 0.1) is 32.2 Å². The van der Waals surface area contributed by atoms with Gasteiger partial charge in [-0.1, -0.05) is 0 Å². The van der Waals surface area contributed by atoms with Gasteiger partial charge in [0.15, 0.2) is 0 Å². The Morgan fingerprint density at radius 2 is 2.29 bits per heavy atom. The summed E-state index contributed by atoms with van der Waals surface area (Å²) in [6.45, 7) is 3.60. The van der Waals surface area contributed by atoms with E-state index in [1.54, 1.807) is 29.8 Å². The number of H-pyrrole nitrogens is 1. The van der Waals surface area contributed by atoms with E-state index in [2.05, 4.69) is 19.9 Å². The van der Waals surface area contributed by atoms with Gasteiger partial charge in [0, 0.05) is 30.9 Å². The predicted octanol–water partition coefficient (Wildman–Crippen LogP) is 0.961. The quantitative estimate of drug-likeness (QED) is 0.901. The van der Waals surface area contributed by atoms with Gasteiger partial charge in [0.2, 0.25) is 5.88 Å². The van der Waals surface area contributed by atoms with Gasteiger partial charge < -0.3 is 19.4 Å². The molecule has 2 aromatic heterocycles. The molecule has 0 bridgehead atoms. The maximum Gasteiger partial charge on any atom is 0.274 e. The van der Waals surface area contributed by atoms with Crippen LogP contribution in [0.2, 0.25) is 0 Å². The lowest BCUT2D eigenvalue weighted by molar-refractivity contribution is -0.174. The number of amides is 1. The first-order chi connectivity index (χ1) is 11.7. The second-order valence-corrected chi connectivity index (χ2v) is 6.35. The van der Waals surface area contributed by atoms with Crippen LogP contribution < -0.4 is 4.74 Å². The van der Waals surface area contributed by atoms with Crippen molar-refractivity contribution in [2.45, 2.75) is 31.5 Å². The van der Waals surface area contributed by atoms with E-state index in [-0.39, 0.29) is 17.6 Å². The van der Waals surface area contributed by atoms with Crippen LogP contribution in [-0.2, 0) is 4.74 Å². The minimum atomic E-state index is -0.314. The molecule has 0 radical (unpaired) electrons. The van der Waals surface area contributed by atoms with Gasteiger partial charge in [0.25, 0.3) is 5.91 Å². The van der Waals surface area contributed by atoms with Crippen LogP contribution in [0.4, 0.5) is 0 Å². The number of hydrogen-bond acceptors (Lipinski definition) is 6. The van der Waals surface area contributed by atoms with E-state index >= 15 is 0 Å². The number of nitrogens with zero attached hydrogens (tertiary/aromatic N) is 4. The Kier molecular flexibility index (Phi) is 3.68. The zero-order valence-corrected chi connectivity index (χ0v) is 13.4. The second-order valence-electron chi connectivity index (χ2n) is 6.35. The van der Waals surface area contributed by atoms with Crippen molar-refractivity contribution in [1.82, 2.24) is 24.8 Å². The number of likely N-dealkylation sites (tertiary alicyclic amines) is 1. The summed E-state index contributed by atoms with van der Waals surface area (Å²) in [5.74, 6) is 0.471. The Hall–Kier alpha value is -2.48. The number of imidazole rings is 1. The molecule has 0 saturated carbocycles. The maximum absolute atomic E-state index is 12.4. The highest BCUT2D eigenvalue weighted by molar-refractivity contribution is 5.94. The summed E-state index contributed by atoms with van der Waals surface area (Å²) in [4.78, 5) is 29.4. The fourth-order valence-corrected chi connectivity index (χ4v) is 3.34. The minimum Gasteiger partial charge on any atom is -0.473 e. The summed E-state index contributed by atoms with van der Waals surface area (Å²) in [5, 5.41) is 0. The van der Waals surface area contributed by atoms with E-state index in [1.165, 1.54) is 0 Å². The van der Waals surface area contributed by atoms with Gasteiger partial charge in [-0.15, -0.1) is 0 Å². The molecular weight excluding hydrogens is 310 g/mol. The molecule has 2 aromatic rings. The standard InChI is InChI=1S/C16H19N5O3/c1-11-14(20-10-19-11)15(22)21-8-16(9-21)6-12(2-5-23-16)24-13-7-17-3-4-18-13/h3-4,7,10,12H,2,5-6,8-9H2,1H3,(H,19,20). The Bertz CT molecular complexity index is 726. The summed E-state index contributed by atoms with van der Waals surface area (Å²) < 4.78 is 11.9. The average Bonchev–Trinajstić information content (AvgIpc) is 2.99. The first kappa shape index (κ1) is 15.1. The number of nitrogens with one attached hydrogen (secondary N) is 1. The number of aryl methyl sites for hydroxylation is 1. The van der Waals surface area contributed by atoms with Crippen LogP contribution in [-0.4, -0.2) is 62.1 Å². The maximum atomic E-state index is 12.4. The Labute approximate surface area is 139 Å². The predicted molar refractivity (Wildman–Crippen MR) is 83.6 cm³/mol. The molecule has 0 aromatic carbocycles. The van der Waals surface area contributed by atoms with Crippen molar-refractivity contribution in [3.63, 3.8) is 0 Å². The van der Waals surface area contributed by atoms with Gasteiger partial charge >= 0.3 is 0 Å². The lowest BCUT2D eigenvalue weighted by Gasteiger charge is -2.52. The zero-order valence-electron chi connectivity index (χ0n) is 13.4. The third-order valence-corrected chi connectivity index (χ3v) is 4.55. The van der Waals surface area contributed by atoms with Gasteiger partial charge in [-0.05, 0) is 6.92 Å². The summed E-state index contributed by atoms with van der Waals surface area (Å²) in [7, 11) is 0. The lowest BCUT2D eigenvalue weighted by atomic mass is 9.84. The normalized spacial score (nSPS) is 22.2. The van der Waals surface area contributed by atoms with Crippen molar-refractivity contribution in [1.29, 1.82) is 0 Å². The molecule has 1 atom stereocenters. The summed E-state index contributed by atoms with van der Waals surface area (Å²) in [5.41, 5.74) is 0.952. The highest BCUT2D eigenvalue weighted by atomic mass is 16.5. The monoisotopic (exact) mass is 329 g/mol. The van der Waals surface area contributed by atoms with Crippen molar-refractivity contribution in [3.8, 4) is 5.88 Å². The van der Waals surface area contributed by atoms with Crippen molar-refractivity contribution >= 4 is 5.91 Å². The molecule has 1 unspecified atom stereocenters. The molecule has 4 rings (SSSR count). The molecule has 1 N–H and O–H groups in total. The van der Waals surface area contributed by atoms with Crippen molar-refractivity contribution in [2.24, 2.45) is 0 Å². The number of carbonyl (C=O) groups excluding carboxylic acids is 1. The molecule has 1 amide bonds. The highest BCUT2D eigenvalue weighted by Gasteiger charge is 2.50. The molecule has 2 fully saturated rings. The molecule has 2 saturated heterocycles. The minimum absolute atomic E-state index is 0.0276. The van der Waals surface area contributed by atoms with Crippen LogP contribution in [0.15, 0.2) is 24.9 Å². The average molecular weight is 329 g/mol. The molecule has 8 nitrogen and oxygen atoms in total. The Morgan fingerprint density at radius 1 is 1.42 bits per heavy atom. The molecule has 8 heteroatoms. The summed E-state index contributed by atoms with van der Waals surface area (Å²) in [6.07, 6.45) is 7.96. The Morgan fingerprint density at radius 3 is 3.00 bits per heavy atom. The second kappa shape index (κ2) is 5.86. The first-order valence-corrected chi connectivity index (χ1v) is 8.01. The molecular formula is C16H19N5O3. The summed E-state index contributed by atoms with van der Waals surface area (Å²) in [6, 6.07) is 0. The van der Waals surface area contributed by atoms with E-state index in [9.17, 15) is 4.79 Å².